The van der Waals surface area contributed by atoms with Gasteiger partial charge in [-0.2, -0.15) is 0 Å². The molecule has 2 heterocycles. The molecule has 1 saturated heterocycles. The fourth-order valence-corrected chi connectivity index (χ4v) is 3.20. The van der Waals surface area contributed by atoms with Gasteiger partial charge < -0.3 is 24.8 Å². The van der Waals surface area contributed by atoms with Gasteiger partial charge in [0.15, 0.2) is 17.5 Å². The van der Waals surface area contributed by atoms with Gasteiger partial charge in [-0.3, -0.25) is 9.89 Å². The highest BCUT2D eigenvalue weighted by molar-refractivity contribution is 14.0. The van der Waals surface area contributed by atoms with Crippen molar-refractivity contribution in [3.63, 3.8) is 0 Å². The van der Waals surface area contributed by atoms with Gasteiger partial charge in [-0.25, -0.2) is 0 Å². The van der Waals surface area contributed by atoms with Crippen LogP contribution in [0.3, 0.4) is 0 Å². The SMILES string of the molecule is CN=C(NCCc1ccc2c(c1)OCO2)NCC(C)CN1CCOCC1.I. The van der Waals surface area contributed by atoms with Gasteiger partial charge in [0.25, 0.3) is 0 Å². The van der Waals surface area contributed by atoms with Crippen LogP contribution in [0.25, 0.3) is 0 Å². The number of halogens is 1. The predicted octanol–water partition coefficient (Wildman–Crippen LogP) is 1.71. The number of ether oxygens (including phenoxy) is 3. The summed E-state index contributed by atoms with van der Waals surface area (Å²) < 4.78 is 16.2. The molecule has 2 N–H and O–H groups in total. The number of rotatable bonds is 7. The van der Waals surface area contributed by atoms with E-state index in [0.29, 0.717) is 12.7 Å². The first-order valence-electron chi connectivity index (χ1n) is 9.37. The molecule has 0 aliphatic carbocycles. The molecule has 0 aromatic heterocycles. The third-order valence-corrected chi connectivity index (χ3v) is 4.66. The highest BCUT2D eigenvalue weighted by Gasteiger charge is 2.14. The lowest BCUT2D eigenvalue weighted by molar-refractivity contribution is 0.0320. The number of fused-ring (bicyclic) bond motifs is 1. The minimum absolute atomic E-state index is 0. The topological polar surface area (TPSA) is 67.4 Å². The Hall–Kier alpha value is -1.26. The summed E-state index contributed by atoms with van der Waals surface area (Å²) in [6.07, 6.45) is 0.903. The zero-order valence-electron chi connectivity index (χ0n) is 16.2. The lowest BCUT2D eigenvalue weighted by Crippen LogP contribution is -2.44. The van der Waals surface area contributed by atoms with E-state index in [4.69, 9.17) is 14.2 Å². The smallest absolute Gasteiger partial charge is 0.231 e. The van der Waals surface area contributed by atoms with Gasteiger partial charge in [0.1, 0.15) is 0 Å². The fourth-order valence-electron chi connectivity index (χ4n) is 3.20. The number of benzene rings is 1. The number of morpholine rings is 1. The Kier molecular flexibility index (Phi) is 9.43. The van der Waals surface area contributed by atoms with Crippen LogP contribution in [-0.4, -0.2) is 70.6 Å². The van der Waals surface area contributed by atoms with Gasteiger partial charge in [-0.05, 0) is 30.0 Å². The first-order chi connectivity index (χ1) is 12.7. The number of hydrogen-bond donors (Lipinski definition) is 2. The number of nitrogens with one attached hydrogen (secondary N) is 2. The lowest BCUT2D eigenvalue weighted by atomic mass is 10.1. The monoisotopic (exact) mass is 490 g/mol. The van der Waals surface area contributed by atoms with E-state index in [1.165, 1.54) is 5.56 Å². The summed E-state index contributed by atoms with van der Waals surface area (Å²) in [6, 6.07) is 6.10. The molecule has 0 bridgehead atoms. The second-order valence-corrected chi connectivity index (χ2v) is 6.84. The van der Waals surface area contributed by atoms with Crippen LogP contribution in [-0.2, 0) is 11.2 Å². The number of guanidine groups is 1. The first kappa shape index (κ1) is 22.0. The third kappa shape index (κ3) is 7.00. The molecule has 0 amide bonds. The molecule has 1 unspecified atom stereocenters. The Balaban J connectivity index is 0.00000261. The molecule has 1 fully saturated rings. The van der Waals surface area contributed by atoms with Crippen molar-refractivity contribution >= 4 is 29.9 Å². The predicted molar refractivity (Wildman–Crippen MR) is 117 cm³/mol. The average Bonchev–Trinajstić information content (AvgIpc) is 3.13. The minimum Gasteiger partial charge on any atom is -0.454 e. The largest absolute Gasteiger partial charge is 0.454 e. The molecule has 0 saturated carbocycles. The Morgan fingerprint density at radius 3 is 2.74 bits per heavy atom. The summed E-state index contributed by atoms with van der Waals surface area (Å²) in [5.41, 5.74) is 1.22. The van der Waals surface area contributed by atoms with Gasteiger partial charge in [0.2, 0.25) is 6.79 Å². The molecule has 2 aliphatic heterocycles. The summed E-state index contributed by atoms with van der Waals surface area (Å²) in [7, 11) is 1.81. The summed E-state index contributed by atoms with van der Waals surface area (Å²) in [6.45, 7) is 9.16. The Morgan fingerprint density at radius 2 is 1.96 bits per heavy atom. The van der Waals surface area contributed by atoms with Crippen LogP contribution in [0.1, 0.15) is 12.5 Å². The maximum atomic E-state index is 5.42. The van der Waals surface area contributed by atoms with Crippen LogP contribution in [0, 0.1) is 5.92 Å². The Morgan fingerprint density at radius 1 is 1.19 bits per heavy atom. The van der Waals surface area contributed by atoms with E-state index in [9.17, 15) is 0 Å². The van der Waals surface area contributed by atoms with Crippen LogP contribution in [0.5, 0.6) is 11.5 Å². The molecular formula is C19H31IN4O3. The van der Waals surface area contributed by atoms with E-state index in [1.54, 1.807) is 0 Å². The quantitative estimate of drug-likeness (QED) is 0.345. The van der Waals surface area contributed by atoms with Crippen molar-refractivity contribution in [1.82, 2.24) is 15.5 Å². The van der Waals surface area contributed by atoms with Crippen molar-refractivity contribution in [2.75, 3.05) is 59.8 Å². The van der Waals surface area contributed by atoms with Crippen LogP contribution >= 0.6 is 24.0 Å². The van der Waals surface area contributed by atoms with Crippen LogP contribution < -0.4 is 20.1 Å². The van der Waals surface area contributed by atoms with Gasteiger partial charge in [0.05, 0.1) is 13.2 Å². The van der Waals surface area contributed by atoms with E-state index in [-0.39, 0.29) is 24.0 Å². The highest BCUT2D eigenvalue weighted by atomic mass is 127. The second-order valence-electron chi connectivity index (χ2n) is 6.84. The molecule has 7 nitrogen and oxygen atoms in total. The first-order valence-corrected chi connectivity index (χ1v) is 9.37. The molecule has 0 spiro atoms. The molecule has 8 heteroatoms. The third-order valence-electron chi connectivity index (χ3n) is 4.66. The lowest BCUT2D eigenvalue weighted by Gasteiger charge is -2.29. The van der Waals surface area contributed by atoms with Gasteiger partial charge in [0, 0.05) is 39.8 Å². The van der Waals surface area contributed by atoms with E-state index in [1.807, 2.05) is 19.2 Å². The van der Waals surface area contributed by atoms with Crippen molar-refractivity contribution in [2.24, 2.45) is 10.9 Å². The summed E-state index contributed by atoms with van der Waals surface area (Å²) in [4.78, 5) is 6.78. The zero-order valence-corrected chi connectivity index (χ0v) is 18.5. The number of hydrogen-bond acceptors (Lipinski definition) is 5. The van der Waals surface area contributed by atoms with Crippen LogP contribution in [0.2, 0.25) is 0 Å². The van der Waals surface area contributed by atoms with Crippen molar-refractivity contribution < 1.29 is 14.2 Å². The summed E-state index contributed by atoms with van der Waals surface area (Å²) >= 11 is 0. The van der Waals surface area contributed by atoms with Crippen LogP contribution in [0.15, 0.2) is 23.2 Å². The van der Waals surface area contributed by atoms with Crippen LogP contribution in [0.4, 0.5) is 0 Å². The molecule has 1 aromatic carbocycles. The molecular weight excluding hydrogens is 459 g/mol. The van der Waals surface area contributed by atoms with Gasteiger partial charge >= 0.3 is 0 Å². The molecule has 0 radical (unpaired) electrons. The molecule has 2 aliphatic rings. The molecule has 1 aromatic rings. The van der Waals surface area contributed by atoms with Crippen molar-refractivity contribution in [3.05, 3.63) is 23.8 Å². The summed E-state index contributed by atoms with van der Waals surface area (Å²) in [5, 5.41) is 6.80. The summed E-state index contributed by atoms with van der Waals surface area (Å²) in [5.74, 6) is 3.07. The molecule has 3 rings (SSSR count). The highest BCUT2D eigenvalue weighted by Crippen LogP contribution is 2.32. The zero-order chi connectivity index (χ0) is 18.2. The maximum absolute atomic E-state index is 5.42. The van der Waals surface area contributed by atoms with Crippen molar-refractivity contribution in [2.45, 2.75) is 13.3 Å². The van der Waals surface area contributed by atoms with E-state index in [2.05, 4.69) is 33.5 Å². The maximum Gasteiger partial charge on any atom is 0.231 e. The Bertz CT molecular complexity index is 609. The fraction of sp³-hybridized carbons (Fsp3) is 0.632. The Labute approximate surface area is 178 Å². The number of nitrogens with zero attached hydrogens (tertiary/aromatic N) is 2. The second kappa shape index (κ2) is 11.6. The van der Waals surface area contributed by atoms with Gasteiger partial charge in [-0.15, -0.1) is 24.0 Å². The average molecular weight is 490 g/mol. The normalized spacial score (nSPS) is 17.9. The molecule has 152 valence electrons. The van der Waals surface area contributed by atoms with Crippen molar-refractivity contribution in [1.29, 1.82) is 0 Å². The van der Waals surface area contributed by atoms with Crippen molar-refractivity contribution in [3.8, 4) is 11.5 Å². The standard InChI is InChI=1S/C19H30N4O3.HI/c1-15(13-23-7-9-24-10-8-23)12-22-19(20-2)21-6-5-16-3-4-17-18(11-16)26-14-25-17;/h3-4,11,15H,5-10,12-14H2,1-2H3,(H2,20,21,22);1H. The van der Waals surface area contributed by atoms with Gasteiger partial charge in [-0.1, -0.05) is 13.0 Å². The minimum atomic E-state index is 0. The number of aliphatic imine (C=N–C) groups is 1. The van der Waals surface area contributed by atoms with E-state index < -0.39 is 0 Å². The van der Waals surface area contributed by atoms with E-state index >= 15 is 0 Å². The van der Waals surface area contributed by atoms with E-state index in [0.717, 1.165) is 69.8 Å². The molecule has 27 heavy (non-hydrogen) atoms. The molecule has 1 atom stereocenters.